The Morgan fingerprint density at radius 1 is 1.19 bits per heavy atom. The summed E-state index contributed by atoms with van der Waals surface area (Å²) in [6.07, 6.45) is 2.37. The van der Waals surface area contributed by atoms with Gasteiger partial charge in [-0.2, -0.15) is 0 Å². The third-order valence-electron chi connectivity index (χ3n) is 6.34. The average molecular weight is 435 g/mol. The van der Waals surface area contributed by atoms with Gasteiger partial charge in [0.2, 0.25) is 0 Å². The molecule has 5 rings (SSSR count). The van der Waals surface area contributed by atoms with Crippen LogP contribution in [0.15, 0.2) is 48.0 Å². The summed E-state index contributed by atoms with van der Waals surface area (Å²) in [6, 6.07) is 11.9. The van der Waals surface area contributed by atoms with Crippen molar-refractivity contribution in [3.63, 3.8) is 0 Å². The van der Waals surface area contributed by atoms with E-state index in [0.29, 0.717) is 36.6 Å². The Labute approximate surface area is 186 Å². The quantitative estimate of drug-likeness (QED) is 0.441. The second-order valence-corrected chi connectivity index (χ2v) is 8.28. The lowest BCUT2D eigenvalue weighted by atomic mass is 9.94. The number of Topliss-reactive ketones (excluding diaryl/α,β-unsaturated/α-hetero) is 1. The maximum atomic E-state index is 13.2. The van der Waals surface area contributed by atoms with Crippen molar-refractivity contribution in [1.29, 1.82) is 0 Å². The number of aliphatic hydroxyl groups is 1. The molecule has 1 N–H and O–H groups in total. The molecule has 7 nitrogen and oxygen atoms in total. The highest BCUT2D eigenvalue weighted by atomic mass is 16.5. The molecule has 0 aliphatic carbocycles. The molecule has 2 atom stereocenters. The molecule has 7 heteroatoms. The maximum Gasteiger partial charge on any atom is 0.295 e. The highest BCUT2D eigenvalue weighted by molar-refractivity contribution is 6.46. The van der Waals surface area contributed by atoms with E-state index >= 15 is 0 Å². The molecule has 32 heavy (non-hydrogen) atoms. The van der Waals surface area contributed by atoms with Crippen LogP contribution in [0.25, 0.3) is 5.76 Å². The lowest BCUT2D eigenvalue weighted by molar-refractivity contribution is -0.140. The summed E-state index contributed by atoms with van der Waals surface area (Å²) >= 11 is 0. The van der Waals surface area contributed by atoms with E-state index in [-0.39, 0.29) is 17.4 Å². The zero-order valence-corrected chi connectivity index (χ0v) is 17.9. The van der Waals surface area contributed by atoms with Gasteiger partial charge in [-0.25, -0.2) is 0 Å². The van der Waals surface area contributed by atoms with Crippen molar-refractivity contribution in [3.05, 3.63) is 64.7 Å². The predicted molar refractivity (Wildman–Crippen MR) is 117 cm³/mol. The highest BCUT2D eigenvalue weighted by Gasteiger charge is 2.47. The van der Waals surface area contributed by atoms with Gasteiger partial charge in [-0.05, 0) is 54.3 Å². The number of fused-ring (bicyclic) bond motifs is 1. The molecular formula is C25H25NO6. The van der Waals surface area contributed by atoms with Crippen LogP contribution in [0.3, 0.4) is 0 Å². The van der Waals surface area contributed by atoms with Crippen LogP contribution in [0.4, 0.5) is 0 Å². The van der Waals surface area contributed by atoms with Crippen molar-refractivity contribution in [2.45, 2.75) is 31.4 Å². The molecule has 2 aromatic rings. The zero-order valence-electron chi connectivity index (χ0n) is 17.9. The number of benzene rings is 2. The molecule has 0 bridgehead atoms. The number of aliphatic hydroxyl groups excluding tert-OH is 1. The topological polar surface area (TPSA) is 85.3 Å². The van der Waals surface area contributed by atoms with Crippen LogP contribution in [-0.2, 0) is 20.7 Å². The number of carbonyl (C=O) groups is 2. The van der Waals surface area contributed by atoms with Gasteiger partial charge in [0.15, 0.2) is 0 Å². The Balaban J connectivity index is 1.62. The van der Waals surface area contributed by atoms with Crippen LogP contribution >= 0.6 is 0 Å². The minimum Gasteiger partial charge on any atom is -0.507 e. The van der Waals surface area contributed by atoms with Crippen LogP contribution in [0.5, 0.6) is 11.5 Å². The van der Waals surface area contributed by atoms with E-state index in [1.807, 2.05) is 18.2 Å². The van der Waals surface area contributed by atoms with Crippen LogP contribution in [-0.4, -0.2) is 54.7 Å². The fraction of sp³-hybridized carbons (Fsp3) is 0.360. The van der Waals surface area contributed by atoms with Crippen molar-refractivity contribution >= 4 is 17.4 Å². The number of ketones is 1. The van der Waals surface area contributed by atoms with E-state index < -0.39 is 17.7 Å². The first-order valence-electron chi connectivity index (χ1n) is 10.9. The van der Waals surface area contributed by atoms with Gasteiger partial charge < -0.3 is 24.2 Å². The number of hydrogen-bond acceptors (Lipinski definition) is 6. The summed E-state index contributed by atoms with van der Waals surface area (Å²) in [5.74, 6) is -0.102. The fourth-order valence-electron chi connectivity index (χ4n) is 4.72. The molecule has 2 unspecified atom stereocenters. The Hall–Kier alpha value is -3.32. The van der Waals surface area contributed by atoms with Gasteiger partial charge in [-0.15, -0.1) is 0 Å². The molecule has 1 amide bonds. The lowest BCUT2D eigenvalue weighted by Gasteiger charge is -2.27. The van der Waals surface area contributed by atoms with Crippen molar-refractivity contribution in [1.82, 2.24) is 4.90 Å². The second-order valence-electron chi connectivity index (χ2n) is 8.28. The number of nitrogens with zero attached hydrogens (tertiary/aromatic N) is 1. The van der Waals surface area contributed by atoms with Crippen molar-refractivity contribution in [2.75, 3.05) is 26.9 Å². The Kier molecular flexibility index (Phi) is 5.35. The van der Waals surface area contributed by atoms with Gasteiger partial charge in [0.05, 0.1) is 31.4 Å². The summed E-state index contributed by atoms with van der Waals surface area (Å²) < 4.78 is 16.6. The molecule has 0 aromatic heterocycles. The van der Waals surface area contributed by atoms with Gasteiger partial charge in [-0.3, -0.25) is 9.59 Å². The monoisotopic (exact) mass is 435 g/mol. The zero-order chi connectivity index (χ0) is 22.2. The number of rotatable bonds is 5. The predicted octanol–water partition coefficient (Wildman–Crippen LogP) is 3.23. The third kappa shape index (κ3) is 3.52. The number of ether oxygens (including phenoxy) is 3. The number of likely N-dealkylation sites (tertiary alicyclic amines) is 1. The minimum absolute atomic E-state index is 0.0834. The Morgan fingerprint density at radius 2 is 2.06 bits per heavy atom. The summed E-state index contributed by atoms with van der Waals surface area (Å²) in [4.78, 5) is 27.8. The molecule has 0 saturated carbocycles. The number of amides is 1. The number of hydrogen-bond donors (Lipinski definition) is 1. The van der Waals surface area contributed by atoms with Crippen molar-refractivity contribution in [3.8, 4) is 11.5 Å². The van der Waals surface area contributed by atoms with Gasteiger partial charge in [-0.1, -0.05) is 12.1 Å². The largest absolute Gasteiger partial charge is 0.507 e. The molecule has 2 fully saturated rings. The van der Waals surface area contributed by atoms with Gasteiger partial charge in [0.1, 0.15) is 17.3 Å². The SMILES string of the molecule is COc1cccc(C2/C(=C(/O)c3ccc4c(c3)CCO4)C(=O)C(=O)N2CC2CCCO2)c1. The standard InChI is InChI=1S/C25H25NO6/c1-30-18-5-2-4-16(13-18)22-21(23(27)17-7-8-20-15(12-17)9-11-32-20)24(28)25(29)26(22)14-19-6-3-10-31-19/h2,4-5,7-8,12-13,19,22,27H,3,6,9-11,14H2,1H3/b23-21-. The fourth-order valence-corrected chi connectivity index (χ4v) is 4.72. The normalized spacial score (nSPS) is 24.0. The molecule has 3 aliphatic heterocycles. The molecule has 3 heterocycles. The molecule has 166 valence electrons. The molecule has 0 spiro atoms. The van der Waals surface area contributed by atoms with Gasteiger partial charge >= 0.3 is 0 Å². The molecule has 3 aliphatic rings. The molecule has 2 aromatic carbocycles. The smallest absolute Gasteiger partial charge is 0.295 e. The van der Waals surface area contributed by atoms with E-state index in [2.05, 4.69) is 0 Å². The Bertz CT molecular complexity index is 1100. The molecule has 2 saturated heterocycles. The number of carbonyl (C=O) groups excluding carboxylic acids is 2. The summed E-state index contributed by atoms with van der Waals surface area (Å²) in [6.45, 7) is 1.53. The number of methoxy groups -OCH3 is 1. The van der Waals surface area contributed by atoms with E-state index in [1.165, 1.54) is 4.90 Å². The maximum absolute atomic E-state index is 13.2. The summed E-state index contributed by atoms with van der Waals surface area (Å²) in [7, 11) is 1.56. The van der Waals surface area contributed by atoms with Crippen molar-refractivity contribution in [2.24, 2.45) is 0 Å². The van der Waals surface area contributed by atoms with E-state index in [1.54, 1.807) is 31.4 Å². The summed E-state index contributed by atoms with van der Waals surface area (Å²) in [5.41, 5.74) is 2.26. The van der Waals surface area contributed by atoms with Crippen molar-refractivity contribution < 1.29 is 28.9 Å². The lowest BCUT2D eigenvalue weighted by Crippen LogP contribution is -2.36. The second kappa shape index (κ2) is 8.31. The van der Waals surface area contributed by atoms with E-state index in [4.69, 9.17) is 14.2 Å². The minimum atomic E-state index is -0.723. The molecular weight excluding hydrogens is 410 g/mol. The first-order valence-corrected chi connectivity index (χ1v) is 10.9. The van der Waals surface area contributed by atoms with Crippen LogP contribution < -0.4 is 9.47 Å². The van der Waals surface area contributed by atoms with Crippen LogP contribution in [0.1, 0.15) is 35.6 Å². The Morgan fingerprint density at radius 3 is 2.84 bits per heavy atom. The van der Waals surface area contributed by atoms with E-state index in [0.717, 1.165) is 30.6 Å². The summed E-state index contributed by atoms with van der Waals surface area (Å²) in [5, 5.41) is 11.3. The van der Waals surface area contributed by atoms with Crippen LogP contribution in [0.2, 0.25) is 0 Å². The first-order chi connectivity index (χ1) is 15.6. The van der Waals surface area contributed by atoms with Crippen LogP contribution in [0, 0.1) is 0 Å². The third-order valence-corrected chi connectivity index (χ3v) is 6.34. The first kappa shape index (κ1) is 20.6. The van der Waals surface area contributed by atoms with Gasteiger partial charge in [0.25, 0.3) is 11.7 Å². The molecule has 0 radical (unpaired) electrons. The highest BCUT2D eigenvalue weighted by Crippen LogP contribution is 2.41. The van der Waals surface area contributed by atoms with E-state index in [9.17, 15) is 14.7 Å². The van der Waals surface area contributed by atoms with Gasteiger partial charge in [0, 0.05) is 25.1 Å². The average Bonchev–Trinajstić information content (AvgIpc) is 3.55.